The van der Waals surface area contributed by atoms with Crippen LogP contribution in [0.1, 0.15) is 44.6 Å². The van der Waals surface area contributed by atoms with Crippen molar-refractivity contribution in [3.63, 3.8) is 0 Å². The number of hydrogen-bond acceptors (Lipinski definition) is 6. The summed E-state index contributed by atoms with van der Waals surface area (Å²) in [4.78, 5) is -0.178. The maximum atomic E-state index is 10.4. The highest BCUT2D eigenvalue weighted by Crippen LogP contribution is 2.33. The monoisotopic (exact) mass is 379 g/mol. The first kappa shape index (κ1) is 20.2. The molecule has 1 unspecified atom stereocenters. The van der Waals surface area contributed by atoms with Gasteiger partial charge in [-0.05, 0) is 19.1 Å². The van der Waals surface area contributed by atoms with Gasteiger partial charge in [0.25, 0.3) is 0 Å². The van der Waals surface area contributed by atoms with E-state index in [1.165, 1.54) is 12.1 Å². The standard InChI is InChI=1S/C10H17N5.C7H8O3S/c1-10(2,3)7-6-9-13-12-8(4-5-11)15(9)14-7;1-6-2-4-7(5-3-6)11(8,9)10/h6,8H,4-5,11H2,1-3H3;2-5H,1H3,(H,8,9,10). The van der Waals surface area contributed by atoms with E-state index in [-0.39, 0.29) is 16.5 Å². The van der Waals surface area contributed by atoms with E-state index in [2.05, 4.69) is 41.8 Å². The van der Waals surface area contributed by atoms with Gasteiger partial charge in [0.1, 0.15) is 10.1 Å². The molecule has 0 bridgehead atoms. The zero-order valence-corrected chi connectivity index (χ0v) is 16.3. The van der Waals surface area contributed by atoms with Gasteiger partial charge in [-0.25, -0.2) is 13.1 Å². The molecule has 0 amide bonds. The van der Waals surface area contributed by atoms with Crippen LogP contribution in [0.15, 0.2) is 45.5 Å². The fourth-order valence-corrected chi connectivity index (χ4v) is 2.76. The summed E-state index contributed by atoms with van der Waals surface area (Å²) in [6, 6.07) is 7.80. The van der Waals surface area contributed by atoms with Gasteiger partial charge >= 0.3 is 0 Å². The lowest BCUT2D eigenvalue weighted by molar-refractivity contribution is -0.369. The second-order valence-electron chi connectivity index (χ2n) is 7.19. The van der Waals surface area contributed by atoms with E-state index in [1.54, 1.807) is 12.1 Å². The number of nitrogens with zero attached hydrogens (tertiary/aromatic N) is 4. The van der Waals surface area contributed by atoms with Gasteiger partial charge in [-0.2, -0.15) is 10.2 Å². The van der Waals surface area contributed by atoms with Gasteiger partial charge in [0.15, 0.2) is 12.0 Å². The van der Waals surface area contributed by atoms with E-state index in [4.69, 9.17) is 0 Å². The molecule has 2 aromatic rings. The van der Waals surface area contributed by atoms with Crippen molar-refractivity contribution in [1.82, 2.24) is 9.78 Å². The first-order chi connectivity index (χ1) is 12.0. The molecule has 1 aliphatic rings. The van der Waals surface area contributed by atoms with Crippen LogP contribution in [-0.2, 0) is 15.5 Å². The molecule has 142 valence electrons. The zero-order chi connectivity index (χ0) is 19.5. The number of aromatic nitrogens is 2. The second-order valence-corrected chi connectivity index (χ2v) is 8.57. The highest BCUT2D eigenvalue weighted by atomic mass is 32.2. The van der Waals surface area contributed by atoms with Crippen LogP contribution in [0, 0.1) is 6.92 Å². The lowest BCUT2D eigenvalue weighted by Gasteiger charge is -2.14. The molecule has 2 heterocycles. The minimum Gasteiger partial charge on any atom is -0.744 e. The van der Waals surface area contributed by atoms with Gasteiger partial charge in [-0.15, -0.1) is 5.11 Å². The molecule has 8 nitrogen and oxygen atoms in total. The Morgan fingerprint density at radius 3 is 2.35 bits per heavy atom. The van der Waals surface area contributed by atoms with Gasteiger partial charge < -0.3 is 10.3 Å². The first-order valence-corrected chi connectivity index (χ1v) is 9.76. The maximum Gasteiger partial charge on any atom is 0.175 e. The lowest BCUT2D eigenvalue weighted by Crippen LogP contribution is -2.50. The van der Waals surface area contributed by atoms with Gasteiger partial charge in [-0.1, -0.05) is 38.5 Å². The second kappa shape index (κ2) is 7.65. The SMILES string of the molecule is CC(C)(C)c1cc2n(n1)C(CC[NH3+])N=N2.Cc1ccc(S(=O)(=O)[O-])cc1. The summed E-state index contributed by atoms with van der Waals surface area (Å²) in [6.07, 6.45) is 0.968. The van der Waals surface area contributed by atoms with Crippen LogP contribution in [0.4, 0.5) is 5.82 Å². The maximum absolute atomic E-state index is 10.4. The summed E-state index contributed by atoms with van der Waals surface area (Å²) >= 11 is 0. The highest BCUT2D eigenvalue weighted by Gasteiger charge is 2.26. The third kappa shape index (κ3) is 4.96. The van der Waals surface area contributed by atoms with E-state index >= 15 is 0 Å². The average molecular weight is 379 g/mol. The smallest absolute Gasteiger partial charge is 0.175 e. The fourth-order valence-electron chi connectivity index (χ4n) is 2.29. The molecule has 0 radical (unpaired) electrons. The molecule has 26 heavy (non-hydrogen) atoms. The average Bonchev–Trinajstić information content (AvgIpc) is 3.09. The van der Waals surface area contributed by atoms with Crippen molar-refractivity contribution in [2.24, 2.45) is 10.2 Å². The van der Waals surface area contributed by atoms with Crippen LogP contribution < -0.4 is 5.73 Å². The Kier molecular flexibility index (Phi) is 5.94. The fraction of sp³-hybridized carbons (Fsp3) is 0.471. The lowest BCUT2D eigenvalue weighted by atomic mass is 9.92. The topological polar surface area (TPSA) is 127 Å². The number of quaternary nitrogens is 1. The van der Waals surface area contributed by atoms with Gasteiger partial charge in [0.2, 0.25) is 0 Å². The summed E-state index contributed by atoms with van der Waals surface area (Å²) in [6.45, 7) is 9.13. The summed E-state index contributed by atoms with van der Waals surface area (Å²) in [5.41, 5.74) is 5.91. The Labute approximate surface area is 153 Å². The molecule has 0 fully saturated rings. The Morgan fingerprint density at radius 2 is 1.85 bits per heavy atom. The number of rotatable bonds is 3. The van der Waals surface area contributed by atoms with Crippen molar-refractivity contribution in [2.75, 3.05) is 6.54 Å². The van der Waals surface area contributed by atoms with E-state index in [0.717, 1.165) is 30.0 Å². The van der Waals surface area contributed by atoms with Crippen molar-refractivity contribution < 1.29 is 18.7 Å². The van der Waals surface area contributed by atoms with Crippen molar-refractivity contribution in [3.05, 3.63) is 41.6 Å². The predicted octanol–water partition coefficient (Wildman–Crippen LogP) is 2.31. The Bertz CT molecular complexity index is 880. The molecule has 0 saturated heterocycles. The molecule has 3 N–H and O–H groups in total. The van der Waals surface area contributed by atoms with Crippen molar-refractivity contribution >= 4 is 15.9 Å². The molecule has 9 heteroatoms. The molecule has 1 aromatic carbocycles. The molecule has 0 aliphatic carbocycles. The van der Waals surface area contributed by atoms with Crippen LogP contribution in [0.3, 0.4) is 0 Å². The number of azo groups is 1. The molecule has 1 aliphatic heterocycles. The van der Waals surface area contributed by atoms with Gasteiger partial charge in [-0.3, -0.25) is 0 Å². The van der Waals surface area contributed by atoms with Crippen LogP contribution in [0.5, 0.6) is 0 Å². The van der Waals surface area contributed by atoms with Crippen LogP contribution in [-0.4, -0.2) is 29.3 Å². The van der Waals surface area contributed by atoms with Crippen molar-refractivity contribution in [2.45, 2.75) is 50.6 Å². The summed E-state index contributed by atoms with van der Waals surface area (Å²) in [7, 11) is -4.27. The summed E-state index contributed by atoms with van der Waals surface area (Å²) in [5.74, 6) is 0.873. The molecule has 1 aromatic heterocycles. The van der Waals surface area contributed by atoms with E-state index < -0.39 is 10.1 Å². The Balaban J connectivity index is 0.000000197. The number of hydrogen-bond donors (Lipinski definition) is 1. The number of benzene rings is 1. The van der Waals surface area contributed by atoms with Gasteiger partial charge in [0.05, 0.1) is 17.1 Å². The third-order valence-electron chi connectivity index (χ3n) is 3.83. The predicted molar refractivity (Wildman–Crippen MR) is 96.0 cm³/mol. The van der Waals surface area contributed by atoms with Gasteiger partial charge in [0, 0.05) is 17.9 Å². The summed E-state index contributed by atoms with van der Waals surface area (Å²) in [5, 5.41) is 12.9. The Hall–Kier alpha value is -2.10. The zero-order valence-electron chi connectivity index (χ0n) is 15.5. The molecular formula is C17H25N5O3S. The molecule has 3 rings (SSSR count). The molecule has 0 saturated carbocycles. The quantitative estimate of drug-likeness (QED) is 0.821. The normalized spacial score (nSPS) is 16.2. The van der Waals surface area contributed by atoms with E-state index in [9.17, 15) is 13.0 Å². The molecule has 1 atom stereocenters. The van der Waals surface area contributed by atoms with Crippen LogP contribution in [0.25, 0.3) is 0 Å². The minimum atomic E-state index is -4.27. The largest absolute Gasteiger partial charge is 0.744 e. The Morgan fingerprint density at radius 1 is 1.23 bits per heavy atom. The molecular weight excluding hydrogens is 354 g/mol. The van der Waals surface area contributed by atoms with Crippen molar-refractivity contribution in [3.8, 4) is 0 Å². The van der Waals surface area contributed by atoms with Crippen molar-refractivity contribution in [1.29, 1.82) is 0 Å². The third-order valence-corrected chi connectivity index (χ3v) is 4.68. The number of aryl methyl sites for hydroxylation is 1. The highest BCUT2D eigenvalue weighted by molar-refractivity contribution is 7.85. The van der Waals surface area contributed by atoms with E-state index in [1.807, 2.05) is 17.7 Å². The number of fused-ring (bicyclic) bond motifs is 1. The van der Waals surface area contributed by atoms with Crippen LogP contribution >= 0.6 is 0 Å². The first-order valence-electron chi connectivity index (χ1n) is 8.35. The summed E-state index contributed by atoms with van der Waals surface area (Å²) < 4.78 is 33.1. The van der Waals surface area contributed by atoms with Crippen LogP contribution in [0.2, 0.25) is 0 Å². The molecule has 0 spiro atoms. The van der Waals surface area contributed by atoms with E-state index in [0.29, 0.717) is 0 Å². The minimum absolute atomic E-state index is 0.0635.